The van der Waals surface area contributed by atoms with E-state index in [0.717, 1.165) is 6.07 Å². The fourth-order valence-electron chi connectivity index (χ4n) is 1.71. The summed E-state index contributed by atoms with van der Waals surface area (Å²) in [6, 6.07) is 5.72. The summed E-state index contributed by atoms with van der Waals surface area (Å²) in [4.78, 5) is 1.75. The van der Waals surface area contributed by atoms with Crippen molar-refractivity contribution in [2.75, 3.05) is 16.8 Å². The van der Waals surface area contributed by atoms with E-state index in [1.54, 1.807) is 11.0 Å². The first-order valence-corrected chi connectivity index (χ1v) is 6.49. The van der Waals surface area contributed by atoms with Crippen LogP contribution in [0.5, 0.6) is 0 Å². The van der Waals surface area contributed by atoms with Crippen LogP contribution in [-0.2, 0) is 6.18 Å². The minimum absolute atomic E-state index is 0.0241. The Morgan fingerprint density at radius 3 is 2.29 bits per heavy atom. The molecule has 5 heteroatoms. The number of halogens is 4. The van der Waals surface area contributed by atoms with Crippen molar-refractivity contribution in [2.24, 2.45) is 0 Å². The predicted octanol–water partition coefficient (Wildman–Crippen LogP) is 4.32. The molecule has 1 aromatic rings. The maximum Gasteiger partial charge on any atom is 0.418 e. The lowest BCUT2D eigenvalue weighted by molar-refractivity contribution is -0.137. The van der Waals surface area contributed by atoms with Gasteiger partial charge in [-0.2, -0.15) is 13.2 Å². The first-order valence-electron chi connectivity index (χ1n) is 5.36. The van der Waals surface area contributed by atoms with Crippen molar-refractivity contribution >= 4 is 21.6 Å². The predicted molar refractivity (Wildman–Crippen MR) is 67.7 cm³/mol. The van der Waals surface area contributed by atoms with Crippen molar-refractivity contribution in [3.63, 3.8) is 0 Å². The third-order valence-corrected chi connectivity index (χ3v) is 2.82. The van der Waals surface area contributed by atoms with E-state index in [0.29, 0.717) is 11.9 Å². The van der Waals surface area contributed by atoms with E-state index < -0.39 is 11.7 Å². The van der Waals surface area contributed by atoms with Crippen LogP contribution in [0.25, 0.3) is 0 Å². The molecule has 0 aromatic heterocycles. The molecular formula is C12H15BrF3N. The van der Waals surface area contributed by atoms with Gasteiger partial charge in [-0.25, -0.2) is 0 Å². The highest BCUT2D eigenvalue weighted by Gasteiger charge is 2.34. The van der Waals surface area contributed by atoms with Gasteiger partial charge in [0.2, 0.25) is 0 Å². The summed E-state index contributed by atoms with van der Waals surface area (Å²) in [5.74, 6) is 0. The standard InChI is InChI=1S/C12H15BrF3N/c1-9(2)17(8-7-13)11-6-4-3-5-10(11)12(14,15)16/h3-6,9H,7-8H2,1-2H3. The molecule has 17 heavy (non-hydrogen) atoms. The van der Waals surface area contributed by atoms with Crippen LogP contribution in [0, 0.1) is 0 Å². The summed E-state index contributed by atoms with van der Waals surface area (Å²) >= 11 is 3.27. The second kappa shape index (κ2) is 5.76. The van der Waals surface area contributed by atoms with E-state index in [-0.39, 0.29) is 11.7 Å². The van der Waals surface area contributed by atoms with E-state index in [4.69, 9.17) is 0 Å². The Bertz CT molecular complexity index is 363. The zero-order valence-corrected chi connectivity index (χ0v) is 11.3. The highest BCUT2D eigenvalue weighted by molar-refractivity contribution is 9.09. The van der Waals surface area contributed by atoms with Gasteiger partial charge >= 0.3 is 6.18 Å². The van der Waals surface area contributed by atoms with Crippen LogP contribution in [0.4, 0.5) is 18.9 Å². The van der Waals surface area contributed by atoms with Crippen LogP contribution < -0.4 is 4.90 Å². The minimum atomic E-state index is -4.31. The average Bonchev–Trinajstić information content (AvgIpc) is 2.24. The monoisotopic (exact) mass is 309 g/mol. The van der Waals surface area contributed by atoms with Gasteiger partial charge in [-0.05, 0) is 26.0 Å². The van der Waals surface area contributed by atoms with Crippen molar-refractivity contribution in [1.29, 1.82) is 0 Å². The smallest absolute Gasteiger partial charge is 0.368 e. The lowest BCUT2D eigenvalue weighted by Gasteiger charge is -2.30. The lowest BCUT2D eigenvalue weighted by atomic mass is 10.1. The van der Waals surface area contributed by atoms with E-state index >= 15 is 0 Å². The normalized spacial score (nSPS) is 11.9. The van der Waals surface area contributed by atoms with E-state index in [1.807, 2.05) is 13.8 Å². The third kappa shape index (κ3) is 3.63. The number of alkyl halides is 4. The third-order valence-electron chi connectivity index (χ3n) is 2.47. The molecule has 0 aliphatic carbocycles. The highest BCUT2D eigenvalue weighted by Crippen LogP contribution is 2.36. The number of hydrogen-bond donors (Lipinski definition) is 0. The van der Waals surface area contributed by atoms with Crippen LogP contribution in [0.15, 0.2) is 24.3 Å². The van der Waals surface area contributed by atoms with Gasteiger partial charge in [0.1, 0.15) is 0 Å². The molecule has 1 aromatic carbocycles. The summed E-state index contributed by atoms with van der Waals surface area (Å²) in [6.07, 6.45) is -4.31. The van der Waals surface area contributed by atoms with Gasteiger partial charge in [0.25, 0.3) is 0 Å². The molecule has 0 spiro atoms. The molecule has 0 saturated heterocycles. The Balaban J connectivity index is 3.19. The molecule has 0 heterocycles. The summed E-state index contributed by atoms with van der Waals surface area (Å²) in [5.41, 5.74) is -0.330. The number of nitrogens with zero attached hydrogens (tertiary/aromatic N) is 1. The minimum Gasteiger partial charge on any atom is -0.368 e. The highest BCUT2D eigenvalue weighted by atomic mass is 79.9. The van der Waals surface area contributed by atoms with Gasteiger partial charge in [0, 0.05) is 23.6 Å². The second-order valence-corrected chi connectivity index (χ2v) is 4.78. The largest absolute Gasteiger partial charge is 0.418 e. The van der Waals surface area contributed by atoms with Crippen LogP contribution in [-0.4, -0.2) is 17.9 Å². The fraction of sp³-hybridized carbons (Fsp3) is 0.500. The Labute approximate surface area is 108 Å². The molecular weight excluding hydrogens is 295 g/mol. The van der Waals surface area contributed by atoms with E-state index in [9.17, 15) is 13.2 Å². The Kier molecular flexibility index (Phi) is 4.86. The zero-order valence-electron chi connectivity index (χ0n) is 9.76. The van der Waals surface area contributed by atoms with Crippen molar-refractivity contribution in [3.8, 4) is 0 Å². The molecule has 0 fully saturated rings. The topological polar surface area (TPSA) is 3.24 Å². The summed E-state index contributed by atoms with van der Waals surface area (Å²) in [6.45, 7) is 4.32. The number of para-hydroxylation sites is 1. The maximum absolute atomic E-state index is 12.9. The zero-order chi connectivity index (χ0) is 13.1. The summed E-state index contributed by atoms with van der Waals surface area (Å²) in [5, 5.41) is 0.636. The lowest BCUT2D eigenvalue weighted by Crippen LogP contribution is -2.34. The number of anilines is 1. The van der Waals surface area contributed by atoms with Gasteiger partial charge in [-0.1, -0.05) is 28.1 Å². The fourth-order valence-corrected chi connectivity index (χ4v) is 2.09. The van der Waals surface area contributed by atoms with Gasteiger partial charge in [0.15, 0.2) is 0 Å². The SMILES string of the molecule is CC(C)N(CCBr)c1ccccc1C(F)(F)F. The van der Waals surface area contributed by atoms with Crippen molar-refractivity contribution in [1.82, 2.24) is 0 Å². The molecule has 1 nitrogen and oxygen atoms in total. The van der Waals surface area contributed by atoms with E-state index in [2.05, 4.69) is 15.9 Å². The van der Waals surface area contributed by atoms with E-state index in [1.165, 1.54) is 12.1 Å². The van der Waals surface area contributed by atoms with Crippen molar-refractivity contribution in [3.05, 3.63) is 29.8 Å². The quantitative estimate of drug-likeness (QED) is 0.749. The van der Waals surface area contributed by atoms with Crippen LogP contribution in [0.2, 0.25) is 0 Å². The van der Waals surface area contributed by atoms with Gasteiger partial charge in [-0.3, -0.25) is 0 Å². The van der Waals surface area contributed by atoms with Crippen LogP contribution in [0.1, 0.15) is 19.4 Å². The molecule has 0 unspecified atom stereocenters. The maximum atomic E-state index is 12.9. The van der Waals surface area contributed by atoms with Crippen LogP contribution in [0.3, 0.4) is 0 Å². The number of benzene rings is 1. The Hall–Kier alpha value is -0.710. The first kappa shape index (κ1) is 14.4. The Morgan fingerprint density at radius 2 is 1.82 bits per heavy atom. The van der Waals surface area contributed by atoms with Gasteiger partial charge < -0.3 is 4.90 Å². The van der Waals surface area contributed by atoms with Crippen LogP contribution >= 0.6 is 15.9 Å². The van der Waals surface area contributed by atoms with Gasteiger partial charge in [-0.15, -0.1) is 0 Å². The molecule has 0 atom stereocenters. The molecule has 0 bridgehead atoms. The molecule has 0 aliphatic rings. The average molecular weight is 310 g/mol. The molecule has 96 valence electrons. The molecule has 0 amide bonds. The summed E-state index contributed by atoms with van der Waals surface area (Å²) < 4.78 is 38.6. The van der Waals surface area contributed by atoms with Gasteiger partial charge in [0.05, 0.1) is 5.56 Å². The second-order valence-electron chi connectivity index (χ2n) is 3.99. The molecule has 0 saturated carbocycles. The molecule has 1 rings (SSSR count). The van der Waals surface area contributed by atoms with Crippen molar-refractivity contribution < 1.29 is 13.2 Å². The molecule has 0 radical (unpaired) electrons. The molecule has 0 N–H and O–H groups in total. The molecule has 0 aliphatic heterocycles. The summed E-state index contributed by atoms with van der Waals surface area (Å²) in [7, 11) is 0. The van der Waals surface area contributed by atoms with Crippen molar-refractivity contribution in [2.45, 2.75) is 26.1 Å². The first-order chi connectivity index (χ1) is 7.88. The number of rotatable bonds is 4. The number of hydrogen-bond acceptors (Lipinski definition) is 1. The Morgan fingerprint density at radius 1 is 1.24 bits per heavy atom.